The van der Waals surface area contributed by atoms with E-state index in [9.17, 15) is 0 Å². The van der Waals surface area contributed by atoms with E-state index in [2.05, 4.69) is 23.9 Å². The van der Waals surface area contributed by atoms with Gasteiger partial charge in [0.1, 0.15) is 12.4 Å². The zero-order valence-corrected chi connectivity index (χ0v) is 12.6. The summed E-state index contributed by atoms with van der Waals surface area (Å²) in [5.74, 6) is 2.07. The molecule has 0 saturated carbocycles. The van der Waals surface area contributed by atoms with Gasteiger partial charge in [-0.05, 0) is 33.1 Å². The van der Waals surface area contributed by atoms with Crippen LogP contribution in [0, 0.1) is 0 Å². The van der Waals surface area contributed by atoms with Crippen molar-refractivity contribution >= 4 is 0 Å². The van der Waals surface area contributed by atoms with E-state index in [-0.39, 0.29) is 12.2 Å². The third-order valence-electron chi connectivity index (χ3n) is 3.61. The highest BCUT2D eigenvalue weighted by molar-refractivity contribution is 5.03. The van der Waals surface area contributed by atoms with E-state index in [1.165, 1.54) is 0 Å². The van der Waals surface area contributed by atoms with Crippen LogP contribution in [0.25, 0.3) is 0 Å². The first kappa shape index (κ1) is 15.4. The molecule has 0 aromatic carbocycles. The van der Waals surface area contributed by atoms with Crippen molar-refractivity contribution in [1.29, 1.82) is 0 Å². The largest absolute Gasteiger partial charge is 0.396 e. The molecule has 0 spiro atoms. The number of hydrogen-bond donors (Lipinski definition) is 1. The van der Waals surface area contributed by atoms with Gasteiger partial charge in [0.25, 0.3) is 0 Å². The van der Waals surface area contributed by atoms with Crippen LogP contribution in [0.1, 0.15) is 50.7 Å². The number of aromatic nitrogens is 3. The zero-order chi connectivity index (χ0) is 14.6. The monoisotopic (exact) mass is 283 g/mol. The number of aryl methyl sites for hydroxylation is 1. The van der Waals surface area contributed by atoms with E-state index in [0.717, 1.165) is 25.3 Å². The molecule has 2 rings (SSSR count). The van der Waals surface area contributed by atoms with Gasteiger partial charge >= 0.3 is 0 Å². The van der Waals surface area contributed by atoms with Crippen LogP contribution in [0.15, 0.2) is 0 Å². The maximum atomic E-state index is 9.02. The van der Waals surface area contributed by atoms with Crippen LogP contribution in [0.2, 0.25) is 0 Å². The molecule has 0 bridgehead atoms. The smallest absolute Gasteiger partial charge is 0.176 e. The Kier molecular flexibility index (Phi) is 5.12. The van der Waals surface area contributed by atoms with E-state index in [4.69, 9.17) is 14.6 Å². The maximum absolute atomic E-state index is 9.02. The second kappa shape index (κ2) is 6.65. The van der Waals surface area contributed by atoms with E-state index in [1.807, 2.05) is 4.68 Å². The fourth-order valence-corrected chi connectivity index (χ4v) is 2.73. The van der Waals surface area contributed by atoms with Crippen molar-refractivity contribution in [1.82, 2.24) is 14.8 Å². The standard InChI is InChI=1S/C14H25N3O3/c1-14(2)9-11(5-8-20-14)13-15-12(10-19-3)16-17(13)6-4-7-18/h11,18H,4-10H2,1-3H3/t11-/m0/s1. The molecule has 0 unspecified atom stereocenters. The van der Waals surface area contributed by atoms with Gasteiger partial charge in [0, 0.05) is 32.8 Å². The SMILES string of the molecule is COCc1nc([C@H]2CCOC(C)(C)C2)n(CCCO)n1. The highest BCUT2D eigenvalue weighted by atomic mass is 16.5. The van der Waals surface area contributed by atoms with Crippen molar-refractivity contribution in [2.45, 2.75) is 57.8 Å². The average molecular weight is 283 g/mol. The van der Waals surface area contributed by atoms with Gasteiger partial charge in [0.2, 0.25) is 0 Å². The lowest BCUT2D eigenvalue weighted by atomic mass is 9.88. The van der Waals surface area contributed by atoms with Crippen LogP contribution in [-0.2, 0) is 22.6 Å². The highest BCUT2D eigenvalue weighted by Crippen LogP contribution is 2.34. The number of methoxy groups -OCH3 is 1. The van der Waals surface area contributed by atoms with Crippen molar-refractivity contribution in [2.24, 2.45) is 0 Å². The van der Waals surface area contributed by atoms with E-state index in [0.29, 0.717) is 31.3 Å². The molecule has 6 nitrogen and oxygen atoms in total. The van der Waals surface area contributed by atoms with Gasteiger partial charge in [-0.2, -0.15) is 5.10 Å². The highest BCUT2D eigenvalue weighted by Gasteiger charge is 2.32. The molecule has 1 fully saturated rings. The summed E-state index contributed by atoms with van der Waals surface area (Å²) in [5, 5.41) is 13.5. The predicted molar refractivity (Wildman–Crippen MR) is 74.4 cm³/mol. The molecular weight excluding hydrogens is 258 g/mol. The second-order valence-corrected chi connectivity index (χ2v) is 5.92. The summed E-state index contributed by atoms with van der Waals surface area (Å²) in [5.41, 5.74) is -0.113. The molecule has 1 aromatic heterocycles. The van der Waals surface area contributed by atoms with Crippen LogP contribution in [0.3, 0.4) is 0 Å². The first-order valence-electron chi connectivity index (χ1n) is 7.23. The van der Waals surface area contributed by atoms with Gasteiger partial charge in [-0.25, -0.2) is 9.67 Å². The topological polar surface area (TPSA) is 69.4 Å². The Morgan fingerprint density at radius 2 is 2.30 bits per heavy atom. The summed E-state index contributed by atoms with van der Waals surface area (Å²) in [6.45, 7) is 6.27. The Hall–Kier alpha value is -0.980. The van der Waals surface area contributed by atoms with Gasteiger partial charge in [-0.15, -0.1) is 0 Å². The fourth-order valence-electron chi connectivity index (χ4n) is 2.73. The van der Waals surface area contributed by atoms with Gasteiger partial charge < -0.3 is 14.6 Å². The summed E-state index contributed by atoms with van der Waals surface area (Å²) in [4.78, 5) is 4.63. The van der Waals surface area contributed by atoms with E-state index < -0.39 is 0 Å². The number of rotatable bonds is 6. The lowest BCUT2D eigenvalue weighted by Crippen LogP contribution is -2.34. The van der Waals surface area contributed by atoms with Crippen molar-refractivity contribution in [3.63, 3.8) is 0 Å². The Morgan fingerprint density at radius 3 is 2.95 bits per heavy atom. The Morgan fingerprint density at radius 1 is 1.50 bits per heavy atom. The Bertz CT molecular complexity index is 431. The molecule has 1 aromatic rings. The average Bonchev–Trinajstić information content (AvgIpc) is 2.79. The quantitative estimate of drug-likeness (QED) is 0.856. The lowest BCUT2D eigenvalue weighted by Gasteiger charge is -2.35. The normalized spacial score (nSPS) is 22.1. The molecule has 1 aliphatic heterocycles. The molecule has 6 heteroatoms. The first-order valence-corrected chi connectivity index (χ1v) is 7.23. The van der Waals surface area contributed by atoms with Gasteiger partial charge in [-0.3, -0.25) is 0 Å². The molecule has 20 heavy (non-hydrogen) atoms. The molecule has 2 heterocycles. The molecular formula is C14H25N3O3. The van der Waals surface area contributed by atoms with Crippen LogP contribution in [0.5, 0.6) is 0 Å². The van der Waals surface area contributed by atoms with Gasteiger partial charge in [-0.1, -0.05) is 0 Å². The number of nitrogens with zero attached hydrogens (tertiary/aromatic N) is 3. The van der Waals surface area contributed by atoms with Gasteiger partial charge in [0.15, 0.2) is 5.82 Å². The van der Waals surface area contributed by atoms with Crippen molar-refractivity contribution in [3.8, 4) is 0 Å². The predicted octanol–water partition coefficient (Wildman–Crippen LogP) is 1.48. The molecule has 1 saturated heterocycles. The third kappa shape index (κ3) is 3.77. The zero-order valence-electron chi connectivity index (χ0n) is 12.6. The number of hydrogen-bond acceptors (Lipinski definition) is 5. The number of aliphatic hydroxyl groups excluding tert-OH is 1. The summed E-state index contributed by atoms with van der Waals surface area (Å²) >= 11 is 0. The van der Waals surface area contributed by atoms with E-state index >= 15 is 0 Å². The van der Waals surface area contributed by atoms with Crippen LogP contribution in [-0.4, -0.2) is 45.8 Å². The molecule has 114 valence electrons. The minimum Gasteiger partial charge on any atom is -0.396 e. The molecule has 0 amide bonds. The first-order chi connectivity index (χ1) is 9.55. The molecule has 1 N–H and O–H groups in total. The molecule has 0 aliphatic carbocycles. The maximum Gasteiger partial charge on any atom is 0.176 e. The third-order valence-corrected chi connectivity index (χ3v) is 3.61. The molecule has 0 radical (unpaired) electrons. The van der Waals surface area contributed by atoms with Crippen molar-refractivity contribution in [3.05, 3.63) is 11.6 Å². The Labute approximate surface area is 120 Å². The minimum atomic E-state index is -0.113. The summed E-state index contributed by atoms with van der Waals surface area (Å²) in [6, 6.07) is 0. The van der Waals surface area contributed by atoms with Crippen LogP contribution >= 0.6 is 0 Å². The minimum absolute atomic E-state index is 0.113. The number of ether oxygens (including phenoxy) is 2. The van der Waals surface area contributed by atoms with Crippen LogP contribution in [0.4, 0.5) is 0 Å². The lowest BCUT2D eigenvalue weighted by molar-refractivity contribution is -0.0608. The van der Waals surface area contributed by atoms with Crippen LogP contribution < -0.4 is 0 Å². The number of aliphatic hydroxyl groups is 1. The Balaban J connectivity index is 2.19. The summed E-state index contributed by atoms with van der Waals surface area (Å²) < 4.78 is 12.8. The van der Waals surface area contributed by atoms with Gasteiger partial charge in [0.05, 0.1) is 5.60 Å². The fraction of sp³-hybridized carbons (Fsp3) is 0.857. The molecule has 1 atom stereocenters. The summed E-state index contributed by atoms with van der Waals surface area (Å²) in [7, 11) is 1.64. The van der Waals surface area contributed by atoms with Crippen molar-refractivity contribution < 1.29 is 14.6 Å². The second-order valence-electron chi connectivity index (χ2n) is 5.92. The van der Waals surface area contributed by atoms with E-state index in [1.54, 1.807) is 7.11 Å². The molecule has 1 aliphatic rings. The van der Waals surface area contributed by atoms with Crippen molar-refractivity contribution in [2.75, 3.05) is 20.3 Å². The summed E-state index contributed by atoms with van der Waals surface area (Å²) in [6.07, 6.45) is 2.60.